The summed E-state index contributed by atoms with van der Waals surface area (Å²) in [6.45, 7) is 9.12. The number of hydrogen-bond acceptors (Lipinski definition) is 3. The summed E-state index contributed by atoms with van der Waals surface area (Å²) in [4.78, 5) is 4.29. The number of nitrogens with two attached hydrogens (primary N) is 1. The van der Waals surface area contributed by atoms with Crippen LogP contribution in [-0.2, 0) is 12.0 Å². The second kappa shape index (κ2) is 5.63. The van der Waals surface area contributed by atoms with Crippen molar-refractivity contribution in [2.24, 2.45) is 5.73 Å². The second-order valence-corrected chi connectivity index (χ2v) is 6.06. The highest BCUT2D eigenvalue weighted by molar-refractivity contribution is 5.43. The minimum absolute atomic E-state index is 0.0263. The van der Waals surface area contributed by atoms with Gasteiger partial charge in [0, 0.05) is 24.4 Å². The van der Waals surface area contributed by atoms with Crippen LogP contribution in [0.15, 0.2) is 36.5 Å². The van der Waals surface area contributed by atoms with E-state index in [9.17, 15) is 0 Å². The number of aryl methyl sites for hydroxylation is 1. The van der Waals surface area contributed by atoms with E-state index in [0.29, 0.717) is 12.4 Å². The molecule has 2 rings (SSSR count). The van der Waals surface area contributed by atoms with Gasteiger partial charge in [0.15, 0.2) is 0 Å². The molecule has 2 N–H and O–H groups in total. The molecule has 1 aromatic heterocycles. The Bertz CT molecular complexity index is 583. The Morgan fingerprint density at radius 2 is 1.90 bits per heavy atom. The molecule has 0 aliphatic heterocycles. The summed E-state index contributed by atoms with van der Waals surface area (Å²) in [6, 6.07) is 10.0. The van der Waals surface area contributed by atoms with Gasteiger partial charge in [-0.15, -0.1) is 0 Å². The van der Waals surface area contributed by atoms with E-state index >= 15 is 0 Å². The number of benzene rings is 1. The molecule has 0 saturated heterocycles. The molecule has 0 radical (unpaired) electrons. The Morgan fingerprint density at radius 3 is 2.45 bits per heavy atom. The molecule has 0 aliphatic rings. The standard InChI is InChI=1S/C17H22N2O/c1-12-5-7-15(14(9-12)17(2,3)4)20-16-8-6-13(10-18)11-19-16/h5-9,11H,10,18H2,1-4H3. The summed E-state index contributed by atoms with van der Waals surface area (Å²) in [6.07, 6.45) is 1.75. The molecule has 1 aromatic carbocycles. The zero-order valence-electron chi connectivity index (χ0n) is 12.6. The smallest absolute Gasteiger partial charge is 0.219 e. The van der Waals surface area contributed by atoms with Gasteiger partial charge in [-0.3, -0.25) is 0 Å². The zero-order valence-corrected chi connectivity index (χ0v) is 12.6. The molecule has 0 unspecified atom stereocenters. The molecule has 3 heteroatoms. The fraction of sp³-hybridized carbons (Fsp3) is 0.353. The van der Waals surface area contributed by atoms with E-state index in [1.54, 1.807) is 6.20 Å². The predicted molar refractivity (Wildman–Crippen MR) is 82.1 cm³/mol. The molecule has 20 heavy (non-hydrogen) atoms. The maximum Gasteiger partial charge on any atom is 0.219 e. The van der Waals surface area contributed by atoms with Gasteiger partial charge in [-0.05, 0) is 24.0 Å². The first-order valence-electron chi connectivity index (χ1n) is 6.84. The van der Waals surface area contributed by atoms with Gasteiger partial charge in [0.1, 0.15) is 5.75 Å². The molecule has 0 aliphatic carbocycles. The fourth-order valence-corrected chi connectivity index (χ4v) is 2.02. The predicted octanol–water partition coefficient (Wildman–Crippen LogP) is 3.94. The molecule has 0 amide bonds. The first-order chi connectivity index (χ1) is 9.40. The summed E-state index contributed by atoms with van der Waals surface area (Å²) < 4.78 is 5.94. The lowest BCUT2D eigenvalue weighted by Gasteiger charge is -2.23. The van der Waals surface area contributed by atoms with Crippen LogP contribution in [0.4, 0.5) is 0 Å². The normalized spacial score (nSPS) is 11.4. The quantitative estimate of drug-likeness (QED) is 0.919. The maximum absolute atomic E-state index is 5.94. The number of hydrogen-bond donors (Lipinski definition) is 1. The summed E-state index contributed by atoms with van der Waals surface area (Å²) in [5, 5.41) is 0. The van der Waals surface area contributed by atoms with Crippen molar-refractivity contribution in [1.82, 2.24) is 4.98 Å². The largest absolute Gasteiger partial charge is 0.439 e. The molecular weight excluding hydrogens is 248 g/mol. The van der Waals surface area contributed by atoms with Crippen LogP contribution in [0.3, 0.4) is 0 Å². The third-order valence-electron chi connectivity index (χ3n) is 3.19. The van der Waals surface area contributed by atoms with E-state index in [1.165, 1.54) is 11.1 Å². The Balaban J connectivity index is 2.32. The Hall–Kier alpha value is -1.87. The van der Waals surface area contributed by atoms with E-state index in [-0.39, 0.29) is 5.41 Å². The SMILES string of the molecule is Cc1ccc(Oc2ccc(CN)cn2)c(C(C)(C)C)c1. The lowest BCUT2D eigenvalue weighted by Crippen LogP contribution is -2.13. The van der Waals surface area contributed by atoms with Gasteiger partial charge in [-0.1, -0.05) is 44.5 Å². The minimum atomic E-state index is 0.0263. The van der Waals surface area contributed by atoms with Gasteiger partial charge in [0.25, 0.3) is 0 Å². The van der Waals surface area contributed by atoms with Crippen molar-refractivity contribution in [2.45, 2.75) is 39.7 Å². The molecule has 1 heterocycles. The average Bonchev–Trinajstić information content (AvgIpc) is 2.40. The first kappa shape index (κ1) is 14.5. The Labute approximate surface area is 120 Å². The van der Waals surface area contributed by atoms with E-state index in [4.69, 9.17) is 10.5 Å². The van der Waals surface area contributed by atoms with Crippen molar-refractivity contribution in [1.29, 1.82) is 0 Å². The minimum Gasteiger partial charge on any atom is -0.439 e. The molecule has 0 bridgehead atoms. The Morgan fingerprint density at radius 1 is 1.15 bits per heavy atom. The van der Waals surface area contributed by atoms with E-state index < -0.39 is 0 Å². The van der Waals surface area contributed by atoms with Crippen LogP contribution in [0.25, 0.3) is 0 Å². The van der Waals surface area contributed by atoms with Crippen molar-refractivity contribution >= 4 is 0 Å². The summed E-state index contributed by atoms with van der Waals surface area (Å²) in [5.74, 6) is 1.45. The fourth-order valence-electron chi connectivity index (χ4n) is 2.02. The van der Waals surface area contributed by atoms with Crippen LogP contribution >= 0.6 is 0 Å². The van der Waals surface area contributed by atoms with Crippen molar-refractivity contribution in [3.8, 4) is 11.6 Å². The average molecular weight is 270 g/mol. The van der Waals surface area contributed by atoms with Crippen LogP contribution in [0.2, 0.25) is 0 Å². The molecule has 0 saturated carbocycles. The van der Waals surface area contributed by atoms with Crippen LogP contribution in [0.1, 0.15) is 37.5 Å². The highest BCUT2D eigenvalue weighted by atomic mass is 16.5. The molecular formula is C17H22N2O. The number of nitrogens with zero attached hydrogens (tertiary/aromatic N) is 1. The van der Waals surface area contributed by atoms with Crippen LogP contribution in [-0.4, -0.2) is 4.98 Å². The maximum atomic E-state index is 5.94. The number of aromatic nitrogens is 1. The van der Waals surface area contributed by atoms with Gasteiger partial charge in [-0.2, -0.15) is 0 Å². The number of rotatable bonds is 3. The second-order valence-electron chi connectivity index (χ2n) is 6.06. The van der Waals surface area contributed by atoms with Gasteiger partial charge < -0.3 is 10.5 Å². The highest BCUT2D eigenvalue weighted by Crippen LogP contribution is 2.34. The van der Waals surface area contributed by atoms with Crippen molar-refractivity contribution < 1.29 is 4.74 Å². The third kappa shape index (κ3) is 3.36. The molecule has 0 spiro atoms. The van der Waals surface area contributed by atoms with Gasteiger partial charge >= 0.3 is 0 Å². The monoisotopic (exact) mass is 270 g/mol. The Kier molecular flexibility index (Phi) is 4.09. The first-order valence-corrected chi connectivity index (χ1v) is 6.84. The van der Waals surface area contributed by atoms with Crippen molar-refractivity contribution in [3.63, 3.8) is 0 Å². The molecule has 2 aromatic rings. The number of pyridine rings is 1. The highest BCUT2D eigenvalue weighted by Gasteiger charge is 2.19. The summed E-state index contributed by atoms with van der Waals surface area (Å²) in [7, 11) is 0. The summed E-state index contributed by atoms with van der Waals surface area (Å²) >= 11 is 0. The molecule has 3 nitrogen and oxygen atoms in total. The molecule has 0 atom stereocenters. The van der Waals surface area contributed by atoms with Crippen molar-refractivity contribution in [2.75, 3.05) is 0 Å². The number of ether oxygens (including phenoxy) is 1. The van der Waals surface area contributed by atoms with Crippen LogP contribution in [0.5, 0.6) is 11.6 Å². The van der Waals surface area contributed by atoms with Crippen molar-refractivity contribution in [3.05, 3.63) is 53.2 Å². The molecule has 0 fully saturated rings. The molecule has 106 valence electrons. The van der Waals surface area contributed by atoms with Gasteiger partial charge in [0.05, 0.1) is 0 Å². The lowest BCUT2D eigenvalue weighted by atomic mass is 9.85. The zero-order chi connectivity index (χ0) is 14.8. The van der Waals surface area contributed by atoms with Gasteiger partial charge in [-0.25, -0.2) is 4.98 Å². The van der Waals surface area contributed by atoms with E-state index in [1.807, 2.05) is 18.2 Å². The summed E-state index contributed by atoms with van der Waals surface area (Å²) in [5.41, 5.74) is 9.01. The van der Waals surface area contributed by atoms with Crippen LogP contribution in [0, 0.1) is 6.92 Å². The van der Waals surface area contributed by atoms with E-state index in [2.05, 4.69) is 44.8 Å². The van der Waals surface area contributed by atoms with E-state index in [0.717, 1.165) is 11.3 Å². The van der Waals surface area contributed by atoms with Gasteiger partial charge in [0.2, 0.25) is 5.88 Å². The lowest BCUT2D eigenvalue weighted by molar-refractivity contribution is 0.439. The third-order valence-corrected chi connectivity index (χ3v) is 3.19. The van der Waals surface area contributed by atoms with Crippen LogP contribution < -0.4 is 10.5 Å². The topological polar surface area (TPSA) is 48.1 Å².